The van der Waals surface area contributed by atoms with Gasteiger partial charge in [0.1, 0.15) is 18.3 Å². The smallest absolute Gasteiger partial charge is 0.186 e. The number of rotatable bonds is 7. The number of hydrogen-bond acceptors (Lipinski definition) is 7. The molecule has 0 aromatic rings. The van der Waals surface area contributed by atoms with Crippen molar-refractivity contribution in [2.75, 3.05) is 0 Å². The minimum Gasteiger partial charge on any atom is -0.393 e. The summed E-state index contributed by atoms with van der Waals surface area (Å²) in [6.07, 6.45) is 5.97. The van der Waals surface area contributed by atoms with Gasteiger partial charge in [-0.2, -0.15) is 0 Å². The summed E-state index contributed by atoms with van der Waals surface area (Å²) in [4.78, 5) is 0. The van der Waals surface area contributed by atoms with Gasteiger partial charge >= 0.3 is 0 Å². The normalized spacial score (nSPS) is 49.9. The van der Waals surface area contributed by atoms with Gasteiger partial charge in [0.15, 0.2) is 6.29 Å². The number of ether oxygens (including phenoxy) is 2. The number of aliphatic hydroxyl groups excluding tert-OH is 4. The molecule has 7 heteroatoms. The van der Waals surface area contributed by atoms with Crippen LogP contribution < -0.4 is 0 Å². The molecule has 0 radical (unpaired) electrons. The first kappa shape index (κ1) is 31.9. The Bertz CT molecular complexity index is 961. The SMILES string of the molecule is C[C@H](CC[C@H](C)C(C)(C)O)[C@H]1[C@@H](O)CC2C3CC=C4C[C@@H](O[C@@H]5O[C@@H](C)[C@@H](O)[C@@H](O)[C@@H]5O)CC[C@]4(C)C3CC[C@@]21C. The van der Waals surface area contributed by atoms with E-state index in [0.29, 0.717) is 29.6 Å². The highest BCUT2D eigenvalue weighted by atomic mass is 16.7. The van der Waals surface area contributed by atoms with Crippen molar-refractivity contribution in [3.8, 4) is 0 Å². The zero-order chi connectivity index (χ0) is 30.1. The van der Waals surface area contributed by atoms with Crippen molar-refractivity contribution in [1.82, 2.24) is 0 Å². The summed E-state index contributed by atoms with van der Waals surface area (Å²) >= 11 is 0. The molecule has 5 aliphatic rings. The average molecular weight is 579 g/mol. The molecule has 0 spiro atoms. The lowest BCUT2D eigenvalue weighted by atomic mass is 9.47. The number of aliphatic hydroxyl groups is 5. The van der Waals surface area contributed by atoms with Crippen LogP contribution in [0, 0.1) is 46.3 Å². The van der Waals surface area contributed by atoms with Gasteiger partial charge < -0.3 is 35.0 Å². The minimum absolute atomic E-state index is 0.0844. The number of fused-ring (bicyclic) bond motifs is 5. The van der Waals surface area contributed by atoms with E-state index in [-0.39, 0.29) is 29.0 Å². The summed E-state index contributed by atoms with van der Waals surface area (Å²) in [5, 5.41) is 52.7. The highest BCUT2D eigenvalue weighted by Gasteiger charge is 2.61. The molecule has 0 amide bonds. The Morgan fingerprint density at radius 3 is 2.39 bits per heavy atom. The Labute approximate surface area is 247 Å². The first-order chi connectivity index (χ1) is 19.1. The standard InChI is InChI=1S/C34H58O7/c1-18(8-9-19(2)32(4,5)39)27-26(35)17-25-23-11-10-21-16-22(41-31-30(38)29(37)28(36)20(3)40-31)12-14-33(21,6)24(23)13-15-34(25,27)7/h10,18-20,22-31,35-39H,8-9,11-17H2,1-7H3/t18-,19+,20+,22+,23?,24?,25?,26+,27+,28-,29-,30+,31+,33+,34+/m1/s1. The van der Waals surface area contributed by atoms with Gasteiger partial charge in [-0.15, -0.1) is 0 Å². The molecule has 4 aliphatic carbocycles. The molecule has 15 atom stereocenters. The summed E-state index contributed by atoms with van der Waals surface area (Å²) < 4.78 is 12.0. The molecule has 0 aromatic carbocycles. The van der Waals surface area contributed by atoms with Gasteiger partial charge in [0, 0.05) is 0 Å². The number of allylic oxidation sites excluding steroid dienone is 1. The molecule has 1 aliphatic heterocycles. The van der Waals surface area contributed by atoms with Crippen molar-refractivity contribution in [2.24, 2.45) is 46.3 Å². The fraction of sp³-hybridized carbons (Fsp3) is 0.941. The van der Waals surface area contributed by atoms with E-state index in [1.54, 1.807) is 6.92 Å². The molecule has 1 heterocycles. The van der Waals surface area contributed by atoms with Crippen molar-refractivity contribution < 1.29 is 35.0 Å². The molecule has 7 nitrogen and oxygen atoms in total. The number of hydrogen-bond donors (Lipinski definition) is 5. The van der Waals surface area contributed by atoms with E-state index >= 15 is 0 Å². The molecule has 0 aromatic heterocycles. The Balaban J connectivity index is 1.26. The van der Waals surface area contributed by atoms with E-state index in [1.165, 1.54) is 12.0 Å². The Morgan fingerprint density at radius 2 is 1.71 bits per heavy atom. The van der Waals surface area contributed by atoms with Gasteiger partial charge in [-0.05, 0) is 125 Å². The predicted molar refractivity (Wildman–Crippen MR) is 158 cm³/mol. The van der Waals surface area contributed by atoms with Crippen LogP contribution in [0.25, 0.3) is 0 Å². The van der Waals surface area contributed by atoms with E-state index in [4.69, 9.17) is 9.47 Å². The molecular formula is C34H58O7. The van der Waals surface area contributed by atoms with Crippen LogP contribution in [0.2, 0.25) is 0 Å². The molecule has 41 heavy (non-hydrogen) atoms. The molecule has 5 N–H and O–H groups in total. The fourth-order valence-electron chi connectivity index (χ4n) is 10.2. The van der Waals surface area contributed by atoms with E-state index in [2.05, 4.69) is 33.8 Å². The molecule has 1 saturated heterocycles. The van der Waals surface area contributed by atoms with Crippen LogP contribution in [0.5, 0.6) is 0 Å². The zero-order valence-corrected chi connectivity index (χ0v) is 26.5. The van der Waals surface area contributed by atoms with E-state index in [0.717, 1.165) is 51.4 Å². The molecule has 0 bridgehead atoms. The Morgan fingerprint density at radius 1 is 1.00 bits per heavy atom. The quantitative estimate of drug-likeness (QED) is 0.281. The molecular weight excluding hydrogens is 520 g/mol. The summed E-state index contributed by atoms with van der Waals surface area (Å²) in [5.41, 5.74) is 1.06. The largest absolute Gasteiger partial charge is 0.393 e. The monoisotopic (exact) mass is 578 g/mol. The van der Waals surface area contributed by atoms with Crippen molar-refractivity contribution in [3.05, 3.63) is 11.6 Å². The highest BCUT2D eigenvalue weighted by Crippen LogP contribution is 2.67. The minimum atomic E-state index is -1.28. The first-order valence-electron chi connectivity index (χ1n) is 16.5. The molecule has 3 unspecified atom stereocenters. The van der Waals surface area contributed by atoms with Crippen molar-refractivity contribution in [1.29, 1.82) is 0 Å². The lowest BCUT2D eigenvalue weighted by molar-refractivity contribution is -0.305. The topological polar surface area (TPSA) is 120 Å². The fourth-order valence-corrected chi connectivity index (χ4v) is 10.2. The molecule has 3 saturated carbocycles. The third-order valence-electron chi connectivity index (χ3n) is 13.2. The predicted octanol–water partition coefficient (Wildman–Crippen LogP) is 4.57. The van der Waals surface area contributed by atoms with E-state index < -0.39 is 36.3 Å². The zero-order valence-electron chi connectivity index (χ0n) is 26.5. The lowest BCUT2D eigenvalue weighted by Gasteiger charge is -2.58. The van der Waals surface area contributed by atoms with Crippen LogP contribution in [0.4, 0.5) is 0 Å². The Hall–Kier alpha value is -0.540. The van der Waals surface area contributed by atoms with Gasteiger partial charge in [-0.3, -0.25) is 0 Å². The van der Waals surface area contributed by atoms with Gasteiger partial charge in [-0.25, -0.2) is 0 Å². The van der Waals surface area contributed by atoms with Crippen LogP contribution in [-0.2, 0) is 9.47 Å². The Kier molecular flexibility index (Phi) is 8.89. The highest BCUT2D eigenvalue weighted by molar-refractivity contribution is 5.26. The molecule has 4 fully saturated rings. The van der Waals surface area contributed by atoms with Crippen molar-refractivity contribution in [3.63, 3.8) is 0 Å². The maximum Gasteiger partial charge on any atom is 0.186 e. The second-order valence-corrected chi connectivity index (χ2v) is 15.9. The van der Waals surface area contributed by atoms with Crippen LogP contribution in [0.1, 0.15) is 106 Å². The molecule has 236 valence electrons. The van der Waals surface area contributed by atoms with Gasteiger partial charge in [0.25, 0.3) is 0 Å². The maximum absolute atomic E-state index is 11.5. The second-order valence-electron chi connectivity index (χ2n) is 15.9. The van der Waals surface area contributed by atoms with Crippen LogP contribution in [-0.4, -0.2) is 74.0 Å². The van der Waals surface area contributed by atoms with Gasteiger partial charge in [0.05, 0.1) is 23.9 Å². The third-order valence-corrected chi connectivity index (χ3v) is 13.2. The van der Waals surface area contributed by atoms with Gasteiger partial charge in [-0.1, -0.05) is 39.3 Å². The third kappa shape index (κ3) is 5.60. The summed E-state index contributed by atoms with van der Waals surface area (Å²) in [5.74, 6) is 2.69. The summed E-state index contributed by atoms with van der Waals surface area (Å²) in [6.45, 7) is 14.9. The first-order valence-corrected chi connectivity index (χ1v) is 16.5. The molecule has 5 rings (SSSR count). The van der Waals surface area contributed by atoms with E-state index in [9.17, 15) is 25.5 Å². The van der Waals surface area contributed by atoms with Gasteiger partial charge in [0.2, 0.25) is 0 Å². The van der Waals surface area contributed by atoms with Crippen LogP contribution in [0.15, 0.2) is 11.6 Å². The summed E-state index contributed by atoms with van der Waals surface area (Å²) in [6, 6.07) is 0. The average Bonchev–Trinajstić information content (AvgIpc) is 3.18. The van der Waals surface area contributed by atoms with Crippen LogP contribution in [0.3, 0.4) is 0 Å². The second kappa shape index (κ2) is 11.4. The maximum atomic E-state index is 11.5. The van der Waals surface area contributed by atoms with Crippen molar-refractivity contribution in [2.45, 2.75) is 155 Å². The lowest BCUT2D eigenvalue weighted by Crippen LogP contribution is -2.58. The van der Waals surface area contributed by atoms with Crippen molar-refractivity contribution >= 4 is 0 Å². The van der Waals surface area contributed by atoms with E-state index in [1.807, 2.05) is 13.8 Å². The summed E-state index contributed by atoms with van der Waals surface area (Å²) in [7, 11) is 0. The van der Waals surface area contributed by atoms with Crippen LogP contribution >= 0.6 is 0 Å².